The summed E-state index contributed by atoms with van der Waals surface area (Å²) in [5, 5.41) is 4.31. The molecule has 0 aliphatic heterocycles. The third-order valence-corrected chi connectivity index (χ3v) is 3.35. The van der Waals surface area contributed by atoms with E-state index in [1.54, 1.807) is 32.9 Å². The van der Waals surface area contributed by atoms with Crippen LogP contribution >= 0.6 is 0 Å². The molecule has 0 aliphatic rings. The first-order valence-corrected chi connectivity index (χ1v) is 7.67. The molecule has 1 heterocycles. The number of aromatic nitrogens is 2. The molecule has 1 aromatic carbocycles. The van der Waals surface area contributed by atoms with E-state index >= 15 is 0 Å². The van der Waals surface area contributed by atoms with Crippen LogP contribution in [0.4, 0.5) is 4.39 Å². The number of carbonyl (C=O) groups is 2. The molecule has 128 valence electrons. The molecule has 0 amide bonds. The monoisotopic (exact) mass is 334 g/mol. The van der Waals surface area contributed by atoms with E-state index in [9.17, 15) is 14.0 Å². The van der Waals surface area contributed by atoms with Crippen LogP contribution in [0.2, 0.25) is 0 Å². The third kappa shape index (κ3) is 3.79. The van der Waals surface area contributed by atoms with Gasteiger partial charge in [-0.1, -0.05) is 0 Å². The molecule has 1 unspecified atom stereocenters. The summed E-state index contributed by atoms with van der Waals surface area (Å²) >= 11 is 0. The number of hydrogen-bond acceptors (Lipinski definition) is 5. The number of hydrogen-bond donors (Lipinski definition) is 0. The van der Waals surface area contributed by atoms with Crippen molar-refractivity contribution < 1.29 is 23.5 Å². The highest BCUT2D eigenvalue weighted by Gasteiger charge is 2.25. The van der Waals surface area contributed by atoms with Crippen molar-refractivity contribution in [3.8, 4) is 11.3 Å². The van der Waals surface area contributed by atoms with E-state index in [1.807, 2.05) is 0 Å². The first kappa shape index (κ1) is 17.7. The lowest BCUT2D eigenvalue weighted by Gasteiger charge is -2.13. The summed E-state index contributed by atoms with van der Waals surface area (Å²) in [7, 11) is 0. The Morgan fingerprint density at radius 1 is 1.17 bits per heavy atom. The van der Waals surface area contributed by atoms with Crippen LogP contribution in [0.5, 0.6) is 0 Å². The lowest BCUT2D eigenvalue weighted by Crippen LogP contribution is -2.24. The summed E-state index contributed by atoms with van der Waals surface area (Å²) < 4.78 is 24.3. The molecule has 6 nitrogen and oxygen atoms in total. The van der Waals surface area contributed by atoms with Gasteiger partial charge in [-0.25, -0.2) is 18.7 Å². The topological polar surface area (TPSA) is 70.4 Å². The van der Waals surface area contributed by atoms with Crippen molar-refractivity contribution in [2.45, 2.75) is 26.8 Å². The summed E-state index contributed by atoms with van der Waals surface area (Å²) in [5.41, 5.74) is 1.20. The van der Waals surface area contributed by atoms with Crippen molar-refractivity contribution in [1.29, 1.82) is 0 Å². The standard InChI is InChI=1S/C17H19FN2O4/c1-4-23-16(21)11(3)20-15(17(22)24-5-2)10-14(19-20)12-6-8-13(18)9-7-12/h6-11H,4-5H2,1-3H3. The molecular formula is C17H19FN2O4. The largest absolute Gasteiger partial charge is 0.464 e. The van der Waals surface area contributed by atoms with Crippen molar-refractivity contribution in [3.05, 3.63) is 41.8 Å². The Labute approximate surface area is 139 Å². The minimum absolute atomic E-state index is 0.136. The maximum absolute atomic E-state index is 13.1. The van der Waals surface area contributed by atoms with Crippen molar-refractivity contribution in [2.24, 2.45) is 0 Å². The molecule has 2 aromatic rings. The molecule has 0 spiro atoms. The Kier molecular flexibility index (Phi) is 5.68. The molecular weight excluding hydrogens is 315 g/mol. The highest BCUT2D eigenvalue weighted by molar-refractivity contribution is 5.90. The first-order chi connectivity index (χ1) is 11.5. The van der Waals surface area contributed by atoms with Crippen molar-refractivity contribution >= 4 is 11.9 Å². The summed E-state index contributed by atoms with van der Waals surface area (Å²) in [6.45, 7) is 5.40. The summed E-state index contributed by atoms with van der Waals surface area (Å²) in [4.78, 5) is 24.1. The quantitative estimate of drug-likeness (QED) is 0.760. The molecule has 1 aromatic heterocycles. The zero-order chi connectivity index (χ0) is 17.7. The lowest BCUT2D eigenvalue weighted by atomic mass is 10.1. The lowest BCUT2D eigenvalue weighted by molar-refractivity contribution is -0.146. The van der Waals surface area contributed by atoms with Gasteiger partial charge < -0.3 is 9.47 Å². The van der Waals surface area contributed by atoms with Crippen LogP contribution in [-0.4, -0.2) is 34.9 Å². The minimum atomic E-state index is -0.793. The van der Waals surface area contributed by atoms with E-state index in [0.29, 0.717) is 11.3 Å². The number of ether oxygens (including phenoxy) is 2. The zero-order valence-corrected chi connectivity index (χ0v) is 13.8. The van der Waals surface area contributed by atoms with E-state index in [-0.39, 0.29) is 24.7 Å². The zero-order valence-electron chi connectivity index (χ0n) is 13.8. The highest BCUT2D eigenvalue weighted by Crippen LogP contribution is 2.23. The van der Waals surface area contributed by atoms with Crippen LogP contribution in [0.1, 0.15) is 37.3 Å². The summed E-state index contributed by atoms with van der Waals surface area (Å²) in [6, 6.07) is 6.41. The molecule has 7 heteroatoms. The summed E-state index contributed by atoms with van der Waals surface area (Å²) in [6.07, 6.45) is 0. The van der Waals surface area contributed by atoms with Crippen molar-refractivity contribution in [2.75, 3.05) is 13.2 Å². The van der Waals surface area contributed by atoms with E-state index < -0.39 is 18.0 Å². The molecule has 0 aliphatic carbocycles. The SMILES string of the molecule is CCOC(=O)c1cc(-c2ccc(F)cc2)nn1C(C)C(=O)OCC. The Morgan fingerprint density at radius 2 is 1.79 bits per heavy atom. The average Bonchev–Trinajstić information content (AvgIpc) is 3.00. The normalized spacial score (nSPS) is 11.8. The number of carbonyl (C=O) groups excluding carboxylic acids is 2. The fourth-order valence-electron chi connectivity index (χ4n) is 2.17. The van der Waals surface area contributed by atoms with Gasteiger partial charge in [0.2, 0.25) is 0 Å². The Hall–Kier alpha value is -2.70. The van der Waals surface area contributed by atoms with E-state index in [4.69, 9.17) is 9.47 Å². The summed E-state index contributed by atoms with van der Waals surface area (Å²) in [5.74, 6) is -1.46. The second-order valence-corrected chi connectivity index (χ2v) is 5.01. The van der Waals surface area contributed by atoms with Gasteiger partial charge in [0, 0.05) is 5.56 Å². The number of esters is 2. The van der Waals surface area contributed by atoms with Crippen molar-refractivity contribution in [1.82, 2.24) is 9.78 Å². The van der Waals surface area contributed by atoms with Crippen LogP contribution in [0.15, 0.2) is 30.3 Å². The number of rotatable bonds is 6. The van der Waals surface area contributed by atoms with Crippen LogP contribution in [0.3, 0.4) is 0 Å². The van der Waals surface area contributed by atoms with Gasteiger partial charge in [0.15, 0.2) is 0 Å². The molecule has 0 radical (unpaired) electrons. The van der Waals surface area contributed by atoms with Gasteiger partial charge in [-0.05, 0) is 51.1 Å². The smallest absolute Gasteiger partial charge is 0.356 e. The maximum atomic E-state index is 13.1. The predicted molar refractivity (Wildman–Crippen MR) is 84.9 cm³/mol. The highest BCUT2D eigenvalue weighted by atomic mass is 19.1. The van der Waals surface area contributed by atoms with Crippen LogP contribution < -0.4 is 0 Å². The fraction of sp³-hybridized carbons (Fsp3) is 0.353. The molecule has 0 N–H and O–H groups in total. The van der Waals surface area contributed by atoms with E-state index in [2.05, 4.69) is 5.10 Å². The van der Waals surface area contributed by atoms with Crippen LogP contribution in [0.25, 0.3) is 11.3 Å². The Morgan fingerprint density at radius 3 is 2.38 bits per heavy atom. The molecule has 24 heavy (non-hydrogen) atoms. The number of nitrogens with zero attached hydrogens (tertiary/aromatic N) is 2. The Balaban J connectivity index is 2.45. The molecule has 0 fully saturated rings. The first-order valence-electron chi connectivity index (χ1n) is 7.67. The molecule has 2 rings (SSSR count). The van der Waals surface area contributed by atoms with Crippen molar-refractivity contribution in [3.63, 3.8) is 0 Å². The third-order valence-electron chi connectivity index (χ3n) is 3.35. The minimum Gasteiger partial charge on any atom is -0.464 e. The van der Waals surface area contributed by atoms with E-state index in [1.165, 1.54) is 22.9 Å². The predicted octanol–water partition coefficient (Wildman–Crippen LogP) is 2.99. The van der Waals surface area contributed by atoms with Gasteiger partial charge >= 0.3 is 11.9 Å². The maximum Gasteiger partial charge on any atom is 0.356 e. The number of halogens is 1. The van der Waals surface area contributed by atoms with Gasteiger partial charge in [0.05, 0.1) is 18.9 Å². The average molecular weight is 334 g/mol. The molecule has 1 atom stereocenters. The molecule has 0 saturated carbocycles. The van der Waals surface area contributed by atoms with Crippen LogP contribution in [0, 0.1) is 5.82 Å². The van der Waals surface area contributed by atoms with Gasteiger partial charge in [0.1, 0.15) is 17.6 Å². The van der Waals surface area contributed by atoms with Gasteiger partial charge in [-0.15, -0.1) is 0 Å². The van der Waals surface area contributed by atoms with Gasteiger partial charge in [-0.2, -0.15) is 5.10 Å². The van der Waals surface area contributed by atoms with Gasteiger partial charge in [0.25, 0.3) is 0 Å². The second kappa shape index (κ2) is 7.72. The van der Waals surface area contributed by atoms with E-state index in [0.717, 1.165) is 0 Å². The van der Waals surface area contributed by atoms with Gasteiger partial charge in [-0.3, -0.25) is 0 Å². The fourth-order valence-corrected chi connectivity index (χ4v) is 2.17. The number of benzene rings is 1. The second-order valence-electron chi connectivity index (χ2n) is 5.01. The molecule has 0 bridgehead atoms. The Bertz CT molecular complexity index is 725. The molecule has 0 saturated heterocycles. The van der Waals surface area contributed by atoms with Crippen LogP contribution in [-0.2, 0) is 14.3 Å².